The molecule has 1 atom stereocenters. The van der Waals surface area contributed by atoms with Crippen molar-refractivity contribution in [2.45, 2.75) is 39.7 Å². The molecule has 184 valence electrons. The molecule has 0 radical (unpaired) electrons. The number of hydrogen-bond donors (Lipinski definition) is 0. The van der Waals surface area contributed by atoms with Crippen LogP contribution >= 0.6 is 11.3 Å². The van der Waals surface area contributed by atoms with E-state index in [0.29, 0.717) is 40.6 Å². The number of ketones is 1. The summed E-state index contributed by atoms with van der Waals surface area (Å²) in [6, 6.07) is 9.99. The number of thiophene rings is 1. The van der Waals surface area contributed by atoms with Crippen molar-refractivity contribution in [3.8, 4) is 33.1 Å². The number of aromatic nitrogens is 5. The van der Waals surface area contributed by atoms with Gasteiger partial charge in [-0.25, -0.2) is 14.5 Å². The van der Waals surface area contributed by atoms with E-state index in [9.17, 15) is 4.79 Å². The molecule has 5 heterocycles. The first kappa shape index (κ1) is 24.0. The third kappa shape index (κ3) is 4.84. The third-order valence-corrected chi connectivity index (χ3v) is 7.41. The van der Waals surface area contributed by atoms with Crippen LogP contribution in [0.5, 0.6) is 0 Å². The van der Waals surface area contributed by atoms with Crippen LogP contribution in [0.2, 0.25) is 0 Å². The summed E-state index contributed by atoms with van der Waals surface area (Å²) in [5, 5.41) is 10.3. The highest BCUT2D eigenvalue weighted by atomic mass is 32.1. The molecule has 5 aromatic heterocycles. The Labute approximate surface area is 213 Å². The second-order valence-electron chi connectivity index (χ2n) is 8.69. The number of carbonyl (C=O) groups is 1. The first-order valence-corrected chi connectivity index (χ1v) is 13.0. The van der Waals surface area contributed by atoms with Crippen molar-refractivity contribution in [2.75, 3.05) is 13.1 Å². The largest absolute Gasteiger partial charge is 0.364 e. The summed E-state index contributed by atoms with van der Waals surface area (Å²) in [4.78, 5) is 26.5. The molecule has 5 aromatic rings. The van der Waals surface area contributed by atoms with Crippen LogP contribution in [0.4, 0.5) is 0 Å². The number of pyridine rings is 1. The van der Waals surface area contributed by atoms with Crippen molar-refractivity contribution in [3.05, 3.63) is 66.1 Å². The quantitative estimate of drug-likeness (QED) is 0.222. The van der Waals surface area contributed by atoms with Crippen molar-refractivity contribution >= 4 is 22.8 Å². The van der Waals surface area contributed by atoms with E-state index in [0.717, 1.165) is 35.6 Å². The van der Waals surface area contributed by atoms with Gasteiger partial charge in [-0.1, -0.05) is 25.1 Å². The van der Waals surface area contributed by atoms with Gasteiger partial charge in [0.1, 0.15) is 6.26 Å². The zero-order valence-corrected chi connectivity index (χ0v) is 21.4. The highest BCUT2D eigenvalue weighted by molar-refractivity contribution is 7.13. The molecule has 0 aliphatic rings. The fraction of sp³-hybridized carbons (Fsp3) is 0.296. The fourth-order valence-electron chi connectivity index (χ4n) is 4.43. The van der Waals surface area contributed by atoms with Gasteiger partial charge in [0, 0.05) is 24.2 Å². The van der Waals surface area contributed by atoms with Crippen LogP contribution in [-0.2, 0) is 0 Å². The van der Waals surface area contributed by atoms with Crippen LogP contribution in [-0.4, -0.2) is 54.6 Å². The van der Waals surface area contributed by atoms with Gasteiger partial charge in [0.15, 0.2) is 11.4 Å². The van der Waals surface area contributed by atoms with Gasteiger partial charge in [-0.3, -0.25) is 4.79 Å². The normalized spacial score (nSPS) is 12.4. The SMILES string of the molecule is CCN(CC)[C@@H](C)CCC(=O)c1cc(-c2cnoc2)nc(-c2cnn3ccc(-c4cccs4)nc23)c1. The Morgan fingerprint density at radius 2 is 1.94 bits per heavy atom. The van der Waals surface area contributed by atoms with Gasteiger partial charge in [0.25, 0.3) is 0 Å². The maximum absolute atomic E-state index is 13.3. The molecule has 0 fully saturated rings. The van der Waals surface area contributed by atoms with E-state index in [2.05, 4.69) is 35.9 Å². The number of carbonyl (C=O) groups excluding carboxylic acids is 1. The third-order valence-electron chi connectivity index (χ3n) is 6.52. The molecule has 0 aromatic carbocycles. The summed E-state index contributed by atoms with van der Waals surface area (Å²) in [5.41, 5.74) is 4.91. The van der Waals surface area contributed by atoms with Gasteiger partial charge in [-0.15, -0.1) is 11.3 Å². The maximum Gasteiger partial charge on any atom is 0.165 e. The Kier molecular flexibility index (Phi) is 7.02. The average molecular weight is 501 g/mol. The van der Waals surface area contributed by atoms with Crippen molar-refractivity contribution in [1.82, 2.24) is 29.6 Å². The number of Topliss-reactive ketones (excluding diaryl/α,β-unsaturated/α-hetero) is 1. The monoisotopic (exact) mass is 500 g/mol. The van der Waals surface area contributed by atoms with Gasteiger partial charge in [0.2, 0.25) is 0 Å². The van der Waals surface area contributed by atoms with Gasteiger partial charge in [0.05, 0.1) is 45.5 Å². The van der Waals surface area contributed by atoms with Crippen molar-refractivity contribution in [1.29, 1.82) is 0 Å². The molecule has 0 saturated carbocycles. The summed E-state index contributed by atoms with van der Waals surface area (Å²) < 4.78 is 6.78. The van der Waals surface area contributed by atoms with Gasteiger partial charge >= 0.3 is 0 Å². The van der Waals surface area contributed by atoms with Gasteiger partial charge in [-0.2, -0.15) is 5.10 Å². The molecule has 0 saturated heterocycles. The number of hydrogen-bond acceptors (Lipinski definition) is 8. The molecule has 9 heteroatoms. The predicted molar refractivity (Wildman–Crippen MR) is 141 cm³/mol. The lowest BCUT2D eigenvalue weighted by atomic mass is 10.0. The molecule has 0 amide bonds. The van der Waals surface area contributed by atoms with Crippen LogP contribution in [0.15, 0.2) is 65.1 Å². The van der Waals surface area contributed by atoms with Crippen molar-refractivity contribution < 1.29 is 9.32 Å². The minimum Gasteiger partial charge on any atom is -0.364 e. The summed E-state index contributed by atoms with van der Waals surface area (Å²) in [5.74, 6) is 0.0825. The molecule has 0 N–H and O–H groups in total. The Balaban J connectivity index is 1.53. The Bertz CT molecular complexity index is 1460. The van der Waals surface area contributed by atoms with E-state index in [1.807, 2.05) is 41.9 Å². The van der Waals surface area contributed by atoms with Crippen LogP contribution in [0, 0.1) is 0 Å². The lowest BCUT2D eigenvalue weighted by Gasteiger charge is -2.26. The Hall–Kier alpha value is -3.69. The van der Waals surface area contributed by atoms with E-state index in [4.69, 9.17) is 14.5 Å². The molecule has 0 bridgehead atoms. The first-order valence-electron chi connectivity index (χ1n) is 12.1. The fourth-order valence-corrected chi connectivity index (χ4v) is 5.13. The predicted octanol–water partition coefficient (Wildman–Crippen LogP) is 5.87. The maximum atomic E-state index is 13.3. The molecule has 0 spiro atoms. The minimum absolute atomic E-state index is 0.0825. The molecule has 0 aliphatic heterocycles. The van der Waals surface area contributed by atoms with E-state index in [-0.39, 0.29) is 5.78 Å². The van der Waals surface area contributed by atoms with Crippen LogP contribution < -0.4 is 0 Å². The van der Waals surface area contributed by atoms with Crippen LogP contribution in [0.1, 0.15) is 44.0 Å². The molecule has 8 nitrogen and oxygen atoms in total. The average Bonchev–Trinajstić information content (AvgIpc) is 3.69. The summed E-state index contributed by atoms with van der Waals surface area (Å²) in [6.07, 6.45) is 8.03. The molecule has 0 aliphatic carbocycles. The topological polar surface area (TPSA) is 89.4 Å². The minimum atomic E-state index is 0.0825. The zero-order chi connectivity index (χ0) is 25.1. The molecule has 0 unspecified atom stereocenters. The van der Waals surface area contributed by atoms with Crippen LogP contribution in [0.25, 0.3) is 38.7 Å². The molecular weight excluding hydrogens is 472 g/mol. The zero-order valence-electron chi connectivity index (χ0n) is 20.6. The van der Waals surface area contributed by atoms with Gasteiger partial charge in [-0.05, 0) is 56.1 Å². The van der Waals surface area contributed by atoms with Gasteiger partial charge < -0.3 is 9.42 Å². The highest BCUT2D eigenvalue weighted by Crippen LogP contribution is 2.30. The first-order chi connectivity index (χ1) is 17.6. The van der Waals surface area contributed by atoms with Crippen LogP contribution in [0.3, 0.4) is 0 Å². The van der Waals surface area contributed by atoms with E-state index in [1.165, 1.54) is 6.26 Å². The second-order valence-corrected chi connectivity index (χ2v) is 9.64. The lowest BCUT2D eigenvalue weighted by Crippen LogP contribution is -2.33. The van der Waals surface area contributed by atoms with Crippen molar-refractivity contribution in [3.63, 3.8) is 0 Å². The van der Waals surface area contributed by atoms with E-state index >= 15 is 0 Å². The smallest absolute Gasteiger partial charge is 0.165 e. The van der Waals surface area contributed by atoms with Crippen molar-refractivity contribution in [2.24, 2.45) is 0 Å². The molecular formula is C27H28N6O2S. The molecule has 36 heavy (non-hydrogen) atoms. The summed E-state index contributed by atoms with van der Waals surface area (Å²) in [7, 11) is 0. The molecule has 5 rings (SSSR count). The number of rotatable bonds is 10. The standard InChI is InChI=1S/C27H28N6O2S/c1-4-32(5-2)18(3)8-9-25(34)19-13-23(20-15-29-35-17-20)30-24(14-19)21-16-28-33-11-10-22(31-27(21)33)26-7-6-12-36-26/h6-7,10-18H,4-5,8-9H2,1-3H3/t18-/m0/s1. The highest BCUT2D eigenvalue weighted by Gasteiger charge is 2.19. The lowest BCUT2D eigenvalue weighted by molar-refractivity contribution is 0.0964. The number of fused-ring (bicyclic) bond motifs is 1. The summed E-state index contributed by atoms with van der Waals surface area (Å²) in [6.45, 7) is 8.42. The van der Waals surface area contributed by atoms with E-state index < -0.39 is 0 Å². The Morgan fingerprint density at radius 3 is 2.67 bits per heavy atom. The Morgan fingerprint density at radius 1 is 1.11 bits per heavy atom. The second kappa shape index (κ2) is 10.5. The number of nitrogens with zero attached hydrogens (tertiary/aromatic N) is 6. The summed E-state index contributed by atoms with van der Waals surface area (Å²) >= 11 is 1.64. The van der Waals surface area contributed by atoms with E-state index in [1.54, 1.807) is 28.2 Å².